The summed E-state index contributed by atoms with van der Waals surface area (Å²) in [6, 6.07) is 11.7. The molecular weight excluding hydrogens is 334 g/mol. The molecule has 0 bridgehead atoms. The molecule has 1 fully saturated rings. The van der Waals surface area contributed by atoms with Crippen LogP contribution >= 0.6 is 11.3 Å². The highest BCUT2D eigenvalue weighted by molar-refractivity contribution is 7.13. The molecule has 5 nitrogen and oxygen atoms in total. The number of hydrogen-bond acceptors (Lipinski definition) is 4. The van der Waals surface area contributed by atoms with Gasteiger partial charge in [-0.25, -0.2) is 0 Å². The van der Waals surface area contributed by atoms with Crippen molar-refractivity contribution in [3.63, 3.8) is 0 Å². The highest BCUT2D eigenvalue weighted by Gasteiger charge is 2.26. The fourth-order valence-electron chi connectivity index (χ4n) is 3.08. The Balaban J connectivity index is 1.43. The van der Waals surface area contributed by atoms with E-state index in [1.165, 1.54) is 0 Å². The molecule has 6 heteroatoms. The molecule has 2 aromatic heterocycles. The summed E-state index contributed by atoms with van der Waals surface area (Å²) in [5, 5.41) is 8.69. The summed E-state index contributed by atoms with van der Waals surface area (Å²) >= 11 is 1.56. The zero-order valence-corrected chi connectivity index (χ0v) is 14.5. The smallest absolute Gasteiger partial charge is 0.254 e. The quantitative estimate of drug-likeness (QED) is 0.776. The van der Waals surface area contributed by atoms with Crippen molar-refractivity contribution in [1.29, 1.82) is 0 Å². The number of hydrogen-bond donors (Lipinski definition) is 1. The summed E-state index contributed by atoms with van der Waals surface area (Å²) in [7, 11) is 0. The van der Waals surface area contributed by atoms with Crippen molar-refractivity contribution in [1.82, 2.24) is 15.1 Å². The SMILES string of the molecule is O=C(c1csc(-c2cn[nH]c2)c1)N1CCCC(Oc2ccccc2)C1. The average molecular weight is 353 g/mol. The lowest BCUT2D eigenvalue weighted by Crippen LogP contribution is -2.44. The van der Waals surface area contributed by atoms with E-state index in [1.54, 1.807) is 17.5 Å². The minimum absolute atomic E-state index is 0.0482. The minimum atomic E-state index is 0.0482. The number of likely N-dealkylation sites (tertiary alicyclic amines) is 1. The predicted octanol–water partition coefficient (Wildman–Crippen LogP) is 3.82. The Labute approximate surface area is 150 Å². The van der Waals surface area contributed by atoms with Crippen LogP contribution in [0.5, 0.6) is 5.75 Å². The average Bonchev–Trinajstić information content (AvgIpc) is 3.34. The number of para-hydroxylation sites is 1. The van der Waals surface area contributed by atoms with E-state index in [-0.39, 0.29) is 12.0 Å². The van der Waals surface area contributed by atoms with Gasteiger partial charge in [0.05, 0.1) is 18.3 Å². The van der Waals surface area contributed by atoms with Crippen molar-refractivity contribution < 1.29 is 9.53 Å². The Morgan fingerprint density at radius 3 is 3.00 bits per heavy atom. The van der Waals surface area contributed by atoms with E-state index in [0.717, 1.165) is 41.1 Å². The lowest BCUT2D eigenvalue weighted by Gasteiger charge is -2.32. The molecule has 0 spiro atoms. The third-order valence-electron chi connectivity index (χ3n) is 4.34. The Morgan fingerprint density at radius 1 is 1.32 bits per heavy atom. The van der Waals surface area contributed by atoms with Crippen molar-refractivity contribution in [3.8, 4) is 16.2 Å². The lowest BCUT2D eigenvalue weighted by atomic mass is 10.1. The number of piperidine rings is 1. The molecule has 1 amide bonds. The Morgan fingerprint density at radius 2 is 2.20 bits per heavy atom. The van der Waals surface area contributed by atoms with Gasteiger partial charge in [-0.15, -0.1) is 11.3 Å². The number of aromatic amines is 1. The molecule has 128 valence electrons. The van der Waals surface area contributed by atoms with E-state index < -0.39 is 0 Å². The van der Waals surface area contributed by atoms with Crippen LogP contribution < -0.4 is 4.74 Å². The maximum atomic E-state index is 12.8. The molecule has 4 rings (SSSR count). The fourth-order valence-corrected chi connectivity index (χ4v) is 3.94. The van der Waals surface area contributed by atoms with E-state index in [4.69, 9.17) is 4.74 Å². The molecule has 1 atom stereocenters. The first-order chi connectivity index (χ1) is 12.3. The second-order valence-corrected chi connectivity index (χ2v) is 7.04. The van der Waals surface area contributed by atoms with Crippen LogP contribution in [-0.4, -0.2) is 40.2 Å². The van der Waals surface area contributed by atoms with Gasteiger partial charge in [-0.2, -0.15) is 5.10 Å². The molecule has 0 radical (unpaired) electrons. The van der Waals surface area contributed by atoms with Crippen molar-refractivity contribution in [2.45, 2.75) is 18.9 Å². The Bertz CT molecular complexity index is 829. The molecule has 3 aromatic rings. The number of benzene rings is 1. The summed E-state index contributed by atoms with van der Waals surface area (Å²) in [6.07, 6.45) is 5.59. The van der Waals surface area contributed by atoms with Crippen molar-refractivity contribution in [2.24, 2.45) is 0 Å². The van der Waals surface area contributed by atoms with Gasteiger partial charge in [0.1, 0.15) is 11.9 Å². The van der Waals surface area contributed by atoms with E-state index in [1.807, 2.05) is 52.9 Å². The number of carbonyl (C=O) groups excluding carboxylic acids is 1. The van der Waals surface area contributed by atoms with E-state index >= 15 is 0 Å². The Hall–Kier alpha value is -2.60. The zero-order chi connectivity index (χ0) is 17.1. The van der Waals surface area contributed by atoms with Crippen LogP contribution in [0.1, 0.15) is 23.2 Å². The molecule has 1 aromatic carbocycles. The second kappa shape index (κ2) is 7.11. The highest BCUT2D eigenvalue weighted by Crippen LogP contribution is 2.28. The number of rotatable bonds is 4. The summed E-state index contributed by atoms with van der Waals surface area (Å²) < 4.78 is 6.03. The number of aromatic nitrogens is 2. The standard InChI is InChI=1S/C19H19N3O2S/c23-19(14-9-18(25-13-14)15-10-20-21-11-15)22-8-4-7-17(12-22)24-16-5-2-1-3-6-16/h1-3,5-6,9-11,13,17H,4,7-8,12H2,(H,20,21). The molecule has 3 heterocycles. The number of carbonyl (C=O) groups is 1. The van der Waals surface area contributed by atoms with Gasteiger partial charge in [0, 0.05) is 28.6 Å². The fraction of sp³-hybridized carbons (Fsp3) is 0.263. The van der Waals surface area contributed by atoms with Crippen LogP contribution in [0.2, 0.25) is 0 Å². The number of thiophene rings is 1. The van der Waals surface area contributed by atoms with Crippen LogP contribution in [0.25, 0.3) is 10.4 Å². The molecule has 0 aliphatic carbocycles. The summed E-state index contributed by atoms with van der Waals surface area (Å²) in [6.45, 7) is 1.41. The molecule has 1 aliphatic rings. The normalized spacial score (nSPS) is 17.4. The maximum absolute atomic E-state index is 12.8. The van der Waals surface area contributed by atoms with E-state index in [9.17, 15) is 4.79 Å². The first-order valence-electron chi connectivity index (χ1n) is 8.38. The molecule has 1 saturated heterocycles. The van der Waals surface area contributed by atoms with E-state index in [2.05, 4.69) is 10.2 Å². The number of nitrogens with one attached hydrogen (secondary N) is 1. The van der Waals surface area contributed by atoms with Gasteiger partial charge in [-0.05, 0) is 31.0 Å². The summed E-state index contributed by atoms with van der Waals surface area (Å²) in [5.74, 6) is 0.937. The van der Waals surface area contributed by atoms with Gasteiger partial charge in [-0.1, -0.05) is 18.2 Å². The number of amides is 1. The van der Waals surface area contributed by atoms with Crippen LogP contribution in [-0.2, 0) is 0 Å². The van der Waals surface area contributed by atoms with Gasteiger partial charge < -0.3 is 9.64 Å². The molecule has 25 heavy (non-hydrogen) atoms. The largest absolute Gasteiger partial charge is 0.489 e. The van der Waals surface area contributed by atoms with Crippen LogP contribution in [0.15, 0.2) is 54.2 Å². The van der Waals surface area contributed by atoms with Crippen molar-refractivity contribution >= 4 is 17.2 Å². The van der Waals surface area contributed by atoms with E-state index in [0.29, 0.717) is 6.54 Å². The molecule has 1 N–H and O–H groups in total. The molecular formula is C19H19N3O2S. The number of ether oxygens (including phenoxy) is 1. The first-order valence-corrected chi connectivity index (χ1v) is 9.26. The Kier molecular flexibility index (Phi) is 4.52. The van der Waals surface area contributed by atoms with Gasteiger partial charge in [0.15, 0.2) is 0 Å². The van der Waals surface area contributed by atoms with Gasteiger partial charge in [0.2, 0.25) is 0 Å². The topological polar surface area (TPSA) is 58.2 Å². The van der Waals surface area contributed by atoms with Crippen LogP contribution in [0, 0.1) is 0 Å². The van der Waals surface area contributed by atoms with Crippen molar-refractivity contribution in [3.05, 3.63) is 59.7 Å². The lowest BCUT2D eigenvalue weighted by molar-refractivity contribution is 0.0538. The zero-order valence-electron chi connectivity index (χ0n) is 13.7. The van der Waals surface area contributed by atoms with Gasteiger partial charge in [-0.3, -0.25) is 9.89 Å². The third-order valence-corrected chi connectivity index (χ3v) is 5.32. The predicted molar refractivity (Wildman–Crippen MR) is 97.9 cm³/mol. The summed E-state index contributed by atoms with van der Waals surface area (Å²) in [5.41, 5.74) is 1.74. The van der Waals surface area contributed by atoms with Crippen molar-refractivity contribution in [2.75, 3.05) is 13.1 Å². The first kappa shape index (κ1) is 15.9. The monoisotopic (exact) mass is 353 g/mol. The number of H-pyrrole nitrogens is 1. The second-order valence-electron chi connectivity index (χ2n) is 6.13. The molecule has 0 saturated carbocycles. The third kappa shape index (κ3) is 3.58. The summed E-state index contributed by atoms with van der Waals surface area (Å²) in [4.78, 5) is 15.8. The number of nitrogens with zero attached hydrogens (tertiary/aromatic N) is 2. The minimum Gasteiger partial charge on any atom is -0.489 e. The van der Waals surface area contributed by atoms with Gasteiger partial charge >= 0.3 is 0 Å². The highest BCUT2D eigenvalue weighted by atomic mass is 32.1. The van der Waals surface area contributed by atoms with Crippen LogP contribution in [0.3, 0.4) is 0 Å². The molecule has 1 aliphatic heterocycles. The van der Waals surface area contributed by atoms with Gasteiger partial charge in [0.25, 0.3) is 5.91 Å². The molecule has 1 unspecified atom stereocenters. The van der Waals surface area contributed by atoms with Crippen LogP contribution in [0.4, 0.5) is 0 Å². The maximum Gasteiger partial charge on any atom is 0.254 e.